The van der Waals surface area contributed by atoms with Crippen molar-refractivity contribution in [2.24, 2.45) is 5.10 Å². The number of hydrogen-bond acceptors (Lipinski definition) is 6. The largest absolute Gasteiger partial charge is 0.352 e. The summed E-state index contributed by atoms with van der Waals surface area (Å²) in [6, 6.07) is 5.80. The van der Waals surface area contributed by atoms with Crippen LogP contribution in [0.5, 0.6) is 0 Å². The Morgan fingerprint density at radius 1 is 1.18 bits per heavy atom. The first-order chi connectivity index (χ1) is 13.2. The molecule has 0 fully saturated rings. The quantitative estimate of drug-likeness (QED) is 0.613. The number of carbonyl (C=O) groups excluding carboxylic acids is 1. The zero-order valence-electron chi connectivity index (χ0n) is 14.0. The van der Waals surface area contributed by atoms with Crippen molar-refractivity contribution in [3.8, 4) is 0 Å². The summed E-state index contributed by atoms with van der Waals surface area (Å²) < 4.78 is 53.6. The average molecular weight is 410 g/mol. The van der Waals surface area contributed by atoms with E-state index in [9.17, 15) is 32.1 Å². The van der Waals surface area contributed by atoms with Crippen LogP contribution in [-0.4, -0.2) is 30.6 Å². The zero-order chi connectivity index (χ0) is 20.5. The molecule has 1 unspecified atom stereocenters. The molecule has 2 aromatic carbocycles. The number of non-ortho nitro benzene ring substituents is 1. The summed E-state index contributed by atoms with van der Waals surface area (Å²) in [6.07, 6.45) is 1.57. The van der Waals surface area contributed by atoms with Gasteiger partial charge in [-0.3, -0.25) is 10.1 Å². The molecule has 28 heavy (non-hydrogen) atoms. The fraction of sp³-hybridized carbons (Fsp3) is 0.125. The number of nitro groups is 1. The molecule has 2 aromatic rings. The molecule has 3 rings (SSSR count). The van der Waals surface area contributed by atoms with Crippen LogP contribution in [-0.2, 0) is 10.0 Å². The predicted octanol–water partition coefficient (Wildman–Crippen LogP) is 2.70. The third-order valence-electron chi connectivity index (χ3n) is 3.94. The molecule has 1 heterocycles. The second kappa shape index (κ2) is 7.31. The minimum absolute atomic E-state index is 0.156. The summed E-state index contributed by atoms with van der Waals surface area (Å²) >= 11 is 0. The van der Waals surface area contributed by atoms with Crippen molar-refractivity contribution in [3.63, 3.8) is 0 Å². The molecule has 0 aliphatic carbocycles. The van der Waals surface area contributed by atoms with Crippen LogP contribution in [0, 0.1) is 21.7 Å². The molecule has 2 amide bonds. The number of nitro benzene ring substituents is 1. The van der Waals surface area contributed by atoms with E-state index in [4.69, 9.17) is 0 Å². The minimum atomic E-state index is -4.84. The van der Waals surface area contributed by atoms with Gasteiger partial charge in [0.25, 0.3) is 15.7 Å². The molecular weight excluding hydrogens is 398 g/mol. The molecule has 0 saturated carbocycles. The first-order valence-electron chi connectivity index (χ1n) is 7.77. The Morgan fingerprint density at radius 3 is 2.36 bits per heavy atom. The summed E-state index contributed by atoms with van der Waals surface area (Å²) in [7, 11) is -4.84. The van der Waals surface area contributed by atoms with Gasteiger partial charge in [0.15, 0.2) is 4.90 Å². The number of amides is 2. The van der Waals surface area contributed by atoms with E-state index < -0.39 is 43.5 Å². The van der Waals surface area contributed by atoms with E-state index in [1.54, 1.807) is 4.72 Å². The third kappa shape index (κ3) is 3.67. The number of carbonyl (C=O) groups is 1. The average Bonchev–Trinajstić information content (AvgIpc) is 3.11. The number of urea groups is 1. The van der Waals surface area contributed by atoms with Gasteiger partial charge in [0.1, 0.15) is 11.6 Å². The van der Waals surface area contributed by atoms with E-state index in [1.807, 2.05) is 0 Å². The molecule has 1 atom stereocenters. The van der Waals surface area contributed by atoms with Gasteiger partial charge in [0.2, 0.25) is 0 Å². The van der Waals surface area contributed by atoms with Crippen molar-refractivity contribution < 1.29 is 26.9 Å². The highest BCUT2D eigenvalue weighted by molar-refractivity contribution is 7.90. The van der Waals surface area contributed by atoms with Gasteiger partial charge >= 0.3 is 6.03 Å². The van der Waals surface area contributed by atoms with E-state index in [0.717, 1.165) is 23.2 Å². The highest BCUT2D eigenvalue weighted by Crippen LogP contribution is 2.29. The van der Waals surface area contributed by atoms with Crippen molar-refractivity contribution in [2.45, 2.75) is 17.4 Å². The number of rotatable bonds is 4. The third-order valence-corrected chi connectivity index (χ3v) is 5.31. The maximum absolute atomic E-state index is 13.7. The Labute approximate surface area is 157 Å². The molecule has 0 saturated heterocycles. The molecule has 146 valence electrons. The highest BCUT2D eigenvalue weighted by Gasteiger charge is 2.33. The van der Waals surface area contributed by atoms with Gasteiger partial charge in [-0.05, 0) is 17.7 Å². The second-order valence-corrected chi connectivity index (χ2v) is 7.32. The number of hydrogen-bond donors (Lipinski definition) is 1. The normalized spacial score (nSPS) is 16.2. The van der Waals surface area contributed by atoms with Crippen LogP contribution in [0.2, 0.25) is 0 Å². The lowest BCUT2D eigenvalue weighted by Crippen LogP contribution is -2.41. The van der Waals surface area contributed by atoms with Crippen LogP contribution in [0.1, 0.15) is 18.0 Å². The van der Waals surface area contributed by atoms with Crippen molar-refractivity contribution in [1.29, 1.82) is 0 Å². The Balaban J connectivity index is 1.83. The van der Waals surface area contributed by atoms with Gasteiger partial charge in [0.05, 0.1) is 11.0 Å². The van der Waals surface area contributed by atoms with Crippen molar-refractivity contribution in [2.75, 3.05) is 0 Å². The lowest BCUT2D eigenvalue weighted by molar-refractivity contribution is -0.384. The van der Waals surface area contributed by atoms with Crippen molar-refractivity contribution >= 4 is 28.0 Å². The molecular formula is C16H12F2N4O5S. The summed E-state index contributed by atoms with van der Waals surface area (Å²) in [5, 5.41) is 15.3. The van der Waals surface area contributed by atoms with E-state index in [0.29, 0.717) is 5.56 Å². The number of hydrazone groups is 1. The molecule has 0 radical (unpaired) electrons. The molecule has 1 aliphatic rings. The van der Waals surface area contributed by atoms with Crippen molar-refractivity contribution in [1.82, 2.24) is 9.73 Å². The number of benzene rings is 2. The van der Waals surface area contributed by atoms with Crippen LogP contribution in [0.3, 0.4) is 0 Å². The molecule has 12 heteroatoms. The van der Waals surface area contributed by atoms with Gasteiger partial charge in [0, 0.05) is 24.8 Å². The molecule has 0 bridgehead atoms. The van der Waals surface area contributed by atoms with Crippen LogP contribution < -0.4 is 4.72 Å². The summed E-state index contributed by atoms with van der Waals surface area (Å²) in [5.41, 5.74) is 0.309. The van der Waals surface area contributed by atoms with E-state index in [1.165, 1.54) is 30.5 Å². The van der Waals surface area contributed by atoms with Crippen LogP contribution in [0.25, 0.3) is 0 Å². The van der Waals surface area contributed by atoms with Gasteiger partial charge in [-0.15, -0.1) is 0 Å². The fourth-order valence-electron chi connectivity index (χ4n) is 2.66. The topological polar surface area (TPSA) is 122 Å². The number of sulfonamides is 1. The molecule has 9 nitrogen and oxygen atoms in total. The molecule has 0 aromatic heterocycles. The van der Waals surface area contributed by atoms with Crippen LogP contribution in [0.4, 0.5) is 19.3 Å². The summed E-state index contributed by atoms with van der Waals surface area (Å²) in [6.45, 7) is 0. The van der Waals surface area contributed by atoms with Gasteiger partial charge in [-0.2, -0.15) is 5.10 Å². The number of halogens is 2. The SMILES string of the molecule is O=C(NS(=O)(=O)c1c(F)cccc1F)N1N=CCC1c1ccc([N+](=O)[O-])cc1. The first-order valence-corrected chi connectivity index (χ1v) is 9.26. The van der Waals surface area contributed by atoms with Gasteiger partial charge in [-0.1, -0.05) is 18.2 Å². The fourth-order valence-corrected chi connectivity index (χ4v) is 3.73. The second-order valence-electron chi connectivity index (χ2n) is 5.70. The smallest absolute Gasteiger partial charge is 0.258 e. The van der Waals surface area contributed by atoms with Gasteiger partial charge < -0.3 is 0 Å². The number of nitrogens with zero attached hydrogens (tertiary/aromatic N) is 3. The predicted molar refractivity (Wildman–Crippen MR) is 92.9 cm³/mol. The van der Waals surface area contributed by atoms with E-state index in [-0.39, 0.29) is 12.1 Å². The maximum atomic E-state index is 13.7. The Kier molecular flexibility index (Phi) is 5.05. The van der Waals surface area contributed by atoms with Crippen LogP contribution >= 0.6 is 0 Å². The standard InChI is InChI=1S/C16H12F2N4O5S/c17-12-2-1-3-13(18)15(12)28(26,27)20-16(23)21-14(8-9-19-21)10-4-6-11(7-5-10)22(24)25/h1-7,9,14H,8H2,(H,20,23). The van der Waals surface area contributed by atoms with E-state index in [2.05, 4.69) is 5.10 Å². The van der Waals surface area contributed by atoms with Gasteiger partial charge in [-0.25, -0.2) is 31.7 Å². The first kappa shape index (κ1) is 19.4. The Morgan fingerprint density at radius 2 is 1.79 bits per heavy atom. The number of nitrogens with one attached hydrogen (secondary N) is 1. The zero-order valence-corrected chi connectivity index (χ0v) is 14.8. The summed E-state index contributed by atoms with van der Waals surface area (Å²) in [5.74, 6) is -2.70. The maximum Gasteiger partial charge on any atom is 0.352 e. The molecule has 1 aliphatic heterocycles. The Bertz CT molecular complexity index is 1050. The van der Waals surface area contributed by atoms with E-state index >= 15 is 0 Å². The minimum Gasteiger partial charge on any atom is -0.258 e. The molecule has 1 N–H and O–H groups in total. The molecule has 0 spiro atoms. The van der Waals surface area contributed by atoms with Crippen molar-refractivity contribution in [3.05, 3.63) is 69.8 Å². The van der Waals surface area contributed by atoms with Crippen LogP contribution in [0.15, 0.2) is 52.5 Å². The monoisotopic (exact) mass is 410 g/mol. The Hall–Kier alpha value is -3.41. The summed E-state index contributed by atoms with van der Waals surface area (Å²) in [4.78, 5) is 21.2. The lowest BCUT2D eigenvalue weighted by Gasteiger charge is -2.22. The highest BCUT2D eigenvalue weighted by atomic mass is 32.2. The lowest BCUT2D eigenvalue weighted by atomic mass is 10.0.